The van der Waals surface area contributed by atoms with Gasteiger partial charge in [0.2, 0.25) is 0 Å². The molecule has 3 heterocycles. The molecule has 0 aliphatic carbocycles. The molecule has 2 aliphatic rings. The van der Waals surface area contributed by atoms with Gasteiger partial charge in [0, 0.05) is 37.6 Å². The Labute approximate surface area is 179 Å². The minimum atomic E-state index is -0.193. The Bertz CT molecular complexity index is 1160. The van der Waals surface area contributed by atoms with E-state index in [1.807, 2.05) is 31.1 Å². The second-order valence-electron chi connectivity index (χ2n) is 7.50. The number of aliphatic imine (C=N–C) groups is 1. The van der Waals surface area contributed by atoms with E-state index in [2.05, 4.69) is 42.4 Å². The Morgan fingerprint density at radius 1 is 1.03 bits per heavy atom. The summed E-state index contributed by atoms with van der Waals surface area (Å²) in [6.45, 7) is 6.63. The van der Waals surface area contributed by atoms with Crippen LogP contribution in [0.15, 0.2) is 52.3 Å². The Morgan fingerprint density at radius 3 is 2.65 bits per heavy atom. The van der Waals surface area contributed by atoms with Gasteiger partial charge in [-0.1, -0.05) is 6.07 Å². The third-order valence-electron chi connectivity index (χ3n) is 5.54. The van der Waals surface area contributed by atoms with Crippen molar-refractivity contribution in [3.8, 4) is 0 Å². The van der Waals surface area contributed by atoms with Gasteiger partial charge in [0.25, 0.3) is 5.56 Å². The van der Waals surface area contributed by atoms with E-state index in [0.29, 0.717) is 17.7 Å². The standard InChI is InChI=1S/C21H23N7O.CH2O/c22-14-5-7-15(8-6-14)28-10-2-9-27(11-12-28)13-18-23-17-4-1-3-16-19(17)20(24-18)25-26-21(16)29;1-2/h1,3-8H,2,9-13,22H2,(H,26,29)(H,23,24,25);1H2. The van der Waals surface area contributed by atoms with Gasteiger partial charge in [0.15, 0.2) is 5.82 Å². The van der Waals surface area contributed by atoms with Gasteiger partial charge in [-0.3, -0.25) is 9.69 Å². The van der Waals surface area contributed by atoms with Crippen molar-refractivity contribution in [2.45, 2.75) is 6.42 Å². The second-order valence-corrected chi connectivity index (χ2v) is 7.50. The van der Waals surface area contributed by atoms with E-state index < -0.39 is 0 Å². The Balaban J connectivity index is 0.00000112. The molecule has 2 aliphatic heterocycles. The first-order chi connectivity index (χ1) is 15.2. The van der Waals surface area contributed by atoms with E-state index in [9.17, 15) is 4.79 Å². The lowest BCUT2D eigenvalue weighted by atomic mass is 10.1. The molecule has 4 N–H and O–H groups in total. The molecule has 0 saturated carbocycles. The fraction of sp³-hybridized carbons (Fsp3) is 0.273. The summed E-state index contributed by atoms with van der Waals surface area (Å²) in [7, 11) is 0. The molecule has 5 rings (SSSR count). The number of nitrogen functional groups attached to an aromatic ring is 1. The van der Waals surface area contributed by atoms with Crippen molar-refractivity contribution in [2.24, 2.45) is 4.99 Å². The molecule has 3 aromatic rings. The molecule has 9 heteroatoms. The largest absolute Gasteiger partial charge is 0.399 e. The molecular weight excluding hydrogens is 394 g/mol. The maximum atomic E-state index is 12.0. The van der Waals surface area contributed by atoms with Crippen molar-refractivity contribution in [3.05, 3.63) is 52.8 Å². The first-order valence-corrected chi connectivity index (χ1v) is 10.1. The zero-order chi connectivity index (χ0) is 21.8. The number of amidine groups is 1. The highest BCUT2D eigenvalue weighted by Gasteiger charge is 2.21. The molecule has 0 radical (unpaired) electrons. The highest BCUT2D eigenvalue weighted by Crippen LogP contribution is 2.31. The number of aromatic nitrogens is 2. The number of carbonyl (C=O) groups excluding carboxylic acids is 1. The normalized spacial score (nSPS) is 16.0. The summed E-state index contributed by atoms with van der Waals surface area (Å²) in [5.74, 6) is 1.42. The quantitative estimate of drug-likeness (QED) is 0.555. The lowest BCUT2D eigenvalue weighted by Gasteiger charge is -2.25. The highest BCUT2D eigenvalue weighted by atomic mass is 16.1. The van der Waals surface area contributed by atoms with Crippen LogP contribution in [0, 0.1) is 0 Å². The number of nitrogens with two attached hydrogens (primary N) is 1. The van der Waals surface area contributed by atoms with Crippen LogP contribution in [0.5, 0.6) is 0 Å². The van der Waals surface area contributed by atoms with Crippen molar-refractivity contribution in [1.82, 2.24) is 15.1 Å². The SMILES string of the molecule is C=O.Nc1ccc(N2CCCN(CC3=Nc4n[nH]c(=O)c5cccc(c45)N3)CC2)cc1. The molecule has 160 valence electrons. The number of hydrogen-bond donors (Lipinski definition) is 3. The Hall–Kier alpha value is -3.72. The fourth-order valence-electron chi connectivity index (χ4n) is 4.06. The van der Waals surface area contributed by atoms with E-state index >= 15 is 0 Å². The molecule has 0 unspecified atom stereocenters. The van der Waals surface area contributed by atoms with Gasteiger partial charge in [-0.25, -0.2) is 10.1 Å². The molecule has 1 fully saturated rings. The number of anilines is 3. The van der Waals surface area contributed by atoms with Crippen LogP contribution >= 0.6 is 0 Å². The maximum Gasteiger partial charge on any atom is 0.272 e. The number of benzene rings is 2. The summed E-state index contributed by atoms with van der Waals surface area (Å²) in [6, 6.07) is 13.7. The average Bonchev–Trinajstić information content (AvgIpc) is 3.04. The third kappa shape index (κ3) is 4.26. The van der Waals surface area contributed by atoms with Crippen LogP contribution in [0.3, 0.4) is 0 Å². The van der Waals surface area contributed by atoms with Crippen molar-refractivity contribution in [1.29, 1.82) is 0 Å². The van der Waals surface area contributed by atoms with Gasteiger partial charge >= 0.3 is 0 Å². The van der Waals surface area contributed by atoms with Crippen LogP contribution < -0.4 is 21.5 Å². The number of nitrogens with one attached hydrogen (secondary N) is 2. The van der Waals surface area contributed by atoms with E-state index in [4.69, 9.17) is 10.5 Å². The molecule has 0 atom stereocenters. The molecule has 9 nitrogen and oxygen atoms in total. The highest BCUT2D eigenvalue weighted by molar-refractivity contribution is 6.12. The van der Waals surface area contributed by atoms with Crippen LogP contribution in [0.1, 0.15) is 6.42 Å². The summed E-state index contributed by atoms with van der Waals surface area (Å²) >= 11 is 0. The van der Waals surface area contributed by atoms with Gasteiger partial charge in [-0.15, -0.1) is 0 Å². The molecule has 0 bridgehead atoms. The molecule has 0 spiro atoms. The first kappa shape index (κ1) is 20.5. The van der Waals surface area contributed by atoms with Crippen molar-refractivity contribution < 1.29 is 4.79 Å². The van der Waals surface area contributed by atoms with Gasteiger partial charge in [0.05, 0.1) is 23.0 Å². The summed E-state index contributed by atoms with van der Waals surface area (Å²) in [4.78, 5) is 29.5. The number of rotatable bonds is 3. The lowest BCUT2D eigenvalue weighted by Crippen LogP contribution is -2.37. The van der Waals surface area contributed by atoms with Crippen LogP contribution in [-0.2, 0) is 4.79 Å². The zero-order valence-corrected chi connectivity index (χ0v) is 17.2. The number of nitrogens with zero attached hydrogens (tertiary/aromatic N) is 4. The fourth-order valence-corrected chi connectivity index (χ4v) is 4.06. The van der Waals surface area contributed by atoms with Crippen molar-refractivity contribution in [3.63, 3.8) is 0 Å². The molecule has 1 aromatic heterocycles. The Morgan fingerprint density at radius 2 is 1.84 bits per heavy atom. The molecular formula is C22H25N7O2. The summed E-state index contributed by atoms with van der Waals surface area (Å²) < 4.78 is 0. The van der Waals surface area contributed by atoms with Gasteiger partial charge in [-0.05, 0) is 42.8 Å². The summed E-state index contributed by atoms with van der Waals surface area (Å²) in [5, 5.41) is 11.5. The van der Waals surface area contributed by atoms with E-state index in [1.165, 1.54) is 5.69 Å². The Kier molecular flexibility index (Phi) is 5.94. The third-order valence-corrected chi connectivity index (χ3v) is 5.54. The topological polar surface area (TPSA) is 120 Å². The van der Waals surface area contributed by atoms with Gasteiger partial charge in [0.1, 0.15) is 12.6 Å². The number of H-pyrrole nitrogens is 1. The number of hydrogen-bond acceptors (Lipinski definition) is 8. The van der Waals surface area contributed by atoms with Crippen molar-refractivity contribution in [2.75, 3.05) is 48.7 Å². The number of carbonyl (C=O) groups is 1. The predicted molar refractivity (Wildman–Crippen MR) is 124 cm³/mol. The molecule has 31 heavy (non-hydrogen) atoms. The van der Waals surface area contributed by atoms with Crippen LogP contribution in [0.2, 0.25) is 0 Å². The lowest BCUT2D eigenvalue weighted by molar-refractivity contribution is -0.0979. The predicted octanol–water partition coefficient (Wildman–Crippen LogP) is 1.99. The van der Waals surface area contributed by atoms with Crippen LogP contribution in [-0.4, -0.2) is 60.4 Å². The van der Waals surface area contributed by atoms with E-state index in [1.54, 1.807) is 6.07 Å². The van der Waals surface area contributed by atoms with E-state index in [0.717, 1.165) is 55.2 Å². The van der Waals surface area contributed by atoms with Crippen molar-refractivity contribution >= 4 is 46.3 Å². The first-order valence-electron chi connectivity index (χ1n) is 10.1. The zero-order valence-electron chi connectivity index (χ0n) is 17.2. The summed E-state index contributed by atoms with van der Waals surface area (Å²) in [5.41, 5.74) is 8.51. The molecule has 1 saturated heterocycles. The van der Waals surface area contributed by atoms with Crippen LogP contribution in [0.25, 0.3) is 10.8 Å². The van der Waals surface area contributed by atoms with Crippen LogP contribution in [0.4, 0.5) is 22.9 Å². The summed E-state index contributed by atoms with van der Waals surface area (Å²) in [6.07, 6.45) is 1.08. The minimum absolute atomic E-state index is 0.193. The average molecular weight is 419 g/mol. The van der Waals surface area contributed by atoms with Gasteiger partial charge < -0.3 is 20.7 Å². The monoisotopic (exact) mass is 419 g/mol. The maximum absolute atomic E-state index is 12.0. The van der Waals surface area contributed by atoms with E-state index in [-0.39, 0.29) is 5.56 Å². The molecule has 2 aromatic carbocycles. The second kappa shape index (κ2) is 8.97. The molecule has 0 amide bonds. The number of aromatic amines is 1. The minimum Gasteiger partial charge on any atom is -0.399 e. The smallest absolute Gasteiger partial charge is 0.272 e. The van der Waals surface area contributed by atoms with Gasteiger partial charge in [-0.2, -0.15) is 5.10 Å².